The fourth-order valence-corrected chi connectivity index (χ4v) is 2.65. The number of anilines is 1. The standard InChI is InChI=1S/C16H15N3O3/c20-16(14-4-2-8-22-14)17-10-5-6-11-12(9-10)19-15(18-11)13-3-1-7-21-13/h2,4-6,8-9,13H,1,3,7H2,(H,17,20)(H,18,19)/t13-/m0/s1. The molecule has 1 aliphatic rings. The van der Waals surface area contributed by atoms with E-state index in [0.29, 0.717) is 5.69 Å². The lowest BCUT2D eigenvalue weighted by molar-refractivity contribution is 0.0996. The number of rotatable bonds is 3. The van der Waals surface area contributed by atoms with Gasteiger partial charge in [0.2, 0.25) is 0 Å². The van der Waals surface area contributed by atoms with Gasteiger partial charge in [-0.15, -0.1) is 0 Å². The van der Waals surface area contributed by atoms with Gasteiger partial charge in [-0.2, -0.15) is 0 Å². The molecule has 0 bridgehead atoms. The second-order valence-electron chi connectivity index (χ2n) is 5.29. The molecule has 3 aromatic rings. The van der Waals surface area contributed by atoms with E-state index in [4.69, 9.17) is 9.15 Å². The van der Waals surface area contributed by atoms with E-state index in [0.717, 1.165) is 36.3 Å². The third-order valence-electron chi connectivity index (χ3n) is 3.74. The van der Waals surface area contributed by atoms with Gasteiger partial charge >= 0.3 is 0 Å². The van der Waals surface area contributed by atoms with Crippen molar-refractivity contribution in [2.75, 3.05) is 11.9 Å². The highest BCUT2D eigenvalue weighted by Crippen LogP contribution is 2.28. The number of hydrogen-bond donors (Lipinski definition) is 2. The van der Waals surface area contributed by atoms with Gasteiger partial charge in [0.1, 0.15) is 11.9 Å². The summed E-state index contributed by atoms with van der Waals surface area (Å²) >= 11 is 0. The van der Waals surface area contributed by atoms with Crippen molar-refractivity contribution in [2.45, 2.75) is 18.9 Å². The molecule has 22 heavy (non-hydrogen) atoms. The van der Waals surface area contributed by atoms with E-state index in [1.54, 1.807) is 12.1 Å². The van der Waals surface area contributed by atoms with E-state index in [1.807, 2.05) is 18.2 Å². The van der Waals surface area contributed by atoms with Crippen molar-refractivity contribution < 1.29 is 13.9 Å². The summed E-state index contributed by atoms with van der Waals surface area (Å²) in [7, 11) is 0. The highest BCUT2D eigenvalue weighted by molar-refractivity contribution is 6.03. The molecule has 1 atom stereocenters. The molecule has 2 N–H and O–H groups in total. The second-order valence-corrected chi connectivity index (χ2v) is 5.29. The summed E-state index contributed by atoms with van der Waals surface area (Å²) in [4.78, 5) is 19.8. The fourth-order valence-electron chi connectivity index (χ4n) is 2.65. The van der Waals surface area contributed by atoms with E-state index in [-0.39, 0.29) is 17.8 Å². The average Bonchev–Trinajstić information content (AvgIpc) is 3.26. The number of ether oxygens (including phenoxy) is 1. The zero-order chi connectivity index (χ0) is 14.9. The molecule has 0 saturated carbocycles. The van der Waals surface area contributed by atoms with Crippen LogP contribution in [-0.2, 0) is 4.74 Å². The Bertz CT molecular complexity index is 801. The Labute approximate surface area is 126 Å². The smallest absolute Gasteiger partial charge is 0.291 e. The number of hydrogen-bond acceptors (Lipinski definition) is 4. The molecule has 1 aliphatic heterocycles. The SMILES string of the molecule is O=C(Nc1ccc2nc([C@@H]3CCCO3)[nH]c2c1)c1ccco1. The molecule has 4 rings (SSSR count). The number of nitrogens with zero attached hydrogens (tertiary/aromatic N) is 1. The second kappa shape index (κ2) is 5.31. The lowest BCUT2D eigenvalue weighted by Crippen LogP contribution is -2.10. The Balaban J connectivity index is 1.58. The van der Waals surface area contributed by atoms with Crippen LogP contribution in [0.4, 0.5) is 5.69 Å². The van der Waals surface area contributed by atoms with Crippen molar-refractivity contribution in [1.82, 2.24) is 9.97 Å². The minimum Gasteiger partial charge on any atom is -0.459 e. The normalized spacial score (nSPS) is 17.9. The Hall–Kier alpha value is -2.60. The van der Waals surface area contributed by atoms with Gasteiger partial charge in [-0.25, -0.2) is 4.98 Å². The lowest BCUT2D eigenvalue weighted by Gasteiger charge is -2.03. The van der Waals surface area contributed by atoms with Crippen molar-refractivity contribution in [2.24, 2.45) is 0 Å². The minimum absolute atomic E-state index is 0.0496. The van der Waals surface area contributed by atoms with Gasteiger partial charge in [0.25, 0.3) is 5.91 Å². The molecular formula is C16H15N3O3. The van der Waals surface area contributed by atoms with E-state index < -0.39 is 0 Å². The molecule has 1 saturated heterocycles. The summed E-state index contributed by atoms with van der Waals surface area (Å²) in [5.41, 5.74) is 2.43. The number of fused-ring (bicyclic) bond motifs is 1. The first-order valence-electron chi connectivity index (χ1n) is 7.26. The Morgan fingerprint density at radius 1 is 1.36 bits per heavy atom. The van der Waals surface area contributed by atoms with Crippen molar-refractivity contribution in [1.29, 1.82) is 0 Å². The summed E-state index contributed by atoms with van der Waals surface area (Å²) in [5.74, 6) is 0.856. The molecule has 0 aliphatic carbocycles. The third kappa shape index (κ3) is 2.37. The highest BCUT2D eigenvalue weighted by Gasteiger charge is 2.21. The number of amides is 1. The zero-order valence-corrected chi connectivity index (χ0v) is 11.8. The maximum atomic E-state index is 12.0. The summed E-state index contributed by atoms with van der Waals surface area (Å²) in [5, 5.41) is 2.80. The molecule has 1 amide bonds. The first kappa shape index (κ1) is 13.1. The van der Waals surface area contributed by atoms with Gasteiger partial charge in [0, 0.05) is 12.3 Å². The largest absolute Gasteiger partial charge is 0.459 e. The van der Waals surface area contributed by atoms with Crippen LogP contribution in [0.25, 0.3) is 11.0 Å². The molecule has 1 fully saturated rings. The average molecular weight is 297 g/mol. The number of H-pyrrole nitrogens is 1. The summed E-state index contributed by atoms with van der Waals surface area (Å²) < 4.78 is 10.7. The van der Waals surface area contributed by atoms with E-state index in [9.17, 15) is 4.79 Å². The van der Waals surface area contributed by atoms with Gasteiger partial charge in [-0.1, -0.05) is 0 Å². The number of aromatic amines is 1. The monoisotopic (exact) mass is 297 g/mol. The maximum Gasteiger partial charge on any atom is 0.291 e. The molecule has 0 unspecified atom stereocenters. The number of imidazole rings is 1. The number of benzene rings is 1. The van der Waals surface area contributed by atoms with Crippen LogP contribution in [0.5, 0.6) is 0 Å². The summed E-state index contributed by atoms with van der Waals surface area (Å²) in [6.07, 6.45) is 3.57. The van der Waals surface area contributed by atoms with Crippen LogP contribution in [0.1, 0.15) is 35.3 Å². The molecule has 0 spiro atoms. The van der Waals surface area contributed by atoms with Crippen molar-refractivity contribution >= 4 is 22.6 Å². The maximum absolute atomic E-state index is 12.0. The first-order valence-corrected chi connectivity index (χ1v) is 7.26. The fraction of sp³-hybridized carbons (Fsp3) is 0.250. The van der Waals surface area contributed by atoms with Crippen LogP contribution >= 0.6 is 0 Å². The van der Waals surface area contributed by atoms with E-state index in [1.165, 1.54) is 6.26 Å². The number of aromatic nitrogens is 2. The van der Waals surface area contributed by atoms with Gasteiger partial charge in [-0.3, -0.25) is 4.79 Å². The molecule has 6 nitrogen and oxygen atoms in total. The van der Waals surface area contributed by atoms with Crippen molar-refractivity contribution in [3.63, 3.8) is 0 Å². The van der Waals surface area contributed by atoms with Crippen LogP contribution in [0, 0.1) is 0 Å². The minimum atomic E-state index is -0.275. The van der Waals surface area contributed by atoms with Gasteiger partial charge in [-0.05, 0) is 43.2 Å². The summed E-state index contributed by atoms with van der Waals surface area (Å²) in [6.45, 7) is 0.784. The first-order chi connectivity index (χ1) is 10.8. The third-order valence-corrected chi connectivity index (χ3v) is 3.74. The van der Waals surface area contributed by atoms with Gasteiger partial charge in [0.15, 0.2) is 5.76 Å². The number of nitrogens with one attached hydrogen (secondary N) is 2. The number of carbonyl (C=O) groups excluding carboxylic acids is 1. The van der Waals surface area contributed by atoms with Gasteiger partial charge < -0.3 is 19.5 Å². The molecule has 2 aromatic heterocycles. The molecule has 0 radical (unpaired) electrons. The number of carbonyl (C=O) groups is 1. The lowest BCUT2D eigenvalue weighted by atomic mass is 10.2. The van der Waals surface area contributed by atoms with Crippen LogP contribution in [0.15, 0.2) is 41.0 Å². The van der Waals surface area contributed by atoms with E-state index >= 15 is 0 Å². The molecule has 112 valence electrons. The Morgan fingerprint density at radius 3 is 3.09 bits per heavy atom. The van der Waals surface area contributed by atoms with E-state index in [2.05, 4.69) is 15.3 Å². The predicted molar refractivity (Wildman–Crippen MR) is 80.7 cm³/mol. The number of furan rings is 1. The Morgan fingerprint density at radius 2 is 2.32 bits per heavy atom. The summed E-state index contributed by atoms with van der Waals surface area (Å²) in [6, 6.07) is 8.87. The van der Waals surface area contributed by atoms with Crippen LogP contribution in [-0.4, -0.2) is 22.5 Å². The molecule has 3 heterocycles. The molecule has 6 heteroatoms. The van der Waals surface area contributed by atoms with Crippen LogP contribution in [0.2, 0.25) is 0 Å². The van der Waals surface area contributed by atoms with Crippen LogP contribution < -0.4 is 5.32 Å². The van der Waals surface area contributed by atoms with Crippen molar-refractivity contribution in [3.8, 4) is 0 Å². The van der Waals surface area contributed by atoms with Gasteiger partial charge in [0.05, 0.1) is 17.3 Å². The Kier molecular flexibility index (Phi) is 3.16. The molecular weight excluding hydrogens is 282 g/mol. The highest BCUT2D eigenvalue weighted by atomic mass is 16.5. The topological polar surface area (TPSA) is 80.1 Å². The van der Waals surface area contributed by atoms with Crippen molar-refractivity contribution in [3.05, 3.63) is 48.2 Å². The predicted octanol–water partition coefficient (Wildman–Crippen LogP) is 3.26. The molecule has 1 aromatic carbocycles. The van der Waals surface area contributed by atoms with Crippen LogP contribution in [0.3, 0.4) is 0 Å². The zero-order valence-electron chi connectivity index (χ0n) is 11.8. The quantitative estimate of drug-likeness (QED) is 0.777.